The Kier molecular flexibility index (Phi) is 8.65. The van der Waals surface area contributed by atoms with E-state index in [1.807, 2.05) is 12.3 Å². The third-order valence-corrected chi connectivity index (χ3v) is 11.3. The van der Waals surface area contributed by atoms with E-state index in [0.717, 1.165) is 42.3 Å². The van der Waals surface area contributed by atoms with Crippen LogP contribution in [-0.2, 0) is 4.74 Å². The van der Waals surface area contributed by atoms with E-state index >= 15 is 4.39 Å². The smallest absolute Gasteiger partial charge is 0.182 e. The molecule has 0 radical (unpaired) electrons. The van der Waals surface area contributed by atoms with E-state index in [9.17, 15) is 5.26 Å². The lowest BCUT2D eigenvalue weighted by Crippen LogP contribution is -2.49. The fourth-order valence-corrected chi connectivity index (χ4v) is 8.57. The quantitative estimate of drug-likeness (QED) is 0.260. The lowest BCUT2D eigenvalue weighted by molar-refractivity contribution is -0.00581. The first-order chi connectivity index (χ1) is 21.5. The average Bonchev–Trinajstić information content (AvgIpc) is 3.52. The van der Waals surface area contributed by atoms with E-state index in [4.69, 9.17) is 19.4 Å². The molecule has 4 fully saturated rings. The van der Waals surface area contributed by atoms with Crippen molar-refractivity contribution in [1.29, 1.82) is 5.26 Å². The number of rotatable bonds is 8. The number of anilines is 1. The summed E-state index contributed by atoms with van der Waals surface area (Å²) in [5, 5.41) is 9.96. The van der Waals surface area contributed by atoms with Crippen LogP contribution in [-0.4, -0.2) is 64.6 Å². The number of nitrogens with zero attached hydrogens (tertiary/aromatic N) is 5. The molecule has 8 nitrogen and oxygen atoms in total. The summed E-state index contributed by atoms with van der Waals surface area (Å²) in [4.78, 5) is 12.5. The second kappa shape index (κ2) is 12.8. The van der Waals surface area contributed by atoms with Gasteiger partial charge in [0, 0.05) is 56.6 Å². The van der Waals surface area contributed by atoms with Crippen LogP contribution >= 0.6 is 12.1 Å². The number of benzene rings is 2. The first-order valence-electron chi connectivity index (χ1n) is 16.1. The zero-order valence-electron chi connectivity index (χ0n) is 25.4. The van der Waals surface area contributed by atoms with Crippen molar-refractivity contribution in [3.05, 3.63) is 53.6 Å². The molecule has 3 aromatic rings. The summed E-state index contributed by atoms with van der Waals surface area (Å²) in [6, 6.07) is 11.2. The van der Waals surface area contributed by atoms with Crippen LogP contribution in [0.2, 0.25) is 0 Å². The predicted molar refractivity (Wildman–Crippen MR) is 171 cm³/mol. The van der Waals surface area contributed by atoms with Crippen molar-refractivity contribution < 1.29 is 13.9 Å². The number of likely N-dealkylation sites (tertiary alicyclic amines) is 1. The van der Waals surface area contributed by atoms with Gasteiger partial charge in [-0.25, -0.2) is 13.7 Å². The normalized spacial score (nSPS) is 23.1. The summed E-state index contributed by atoms with van der Waals surface area (Å²) in [6.45, 7) is 4.13. The molecule has 1 spiro atoms. The van der Waals surface area contributed by atoms with Gasteiger partial charge in [0.1, 0.15) is 17.4 Å². The number of nitriles is 1. The summed E-state index contributed by atoms with van der Waals surface area (Å²) >= 11 is 1.39. The van der Waals surface area contributed by atoms with Crippen molar-refractivity contribution >= 4 is 28.9 Å². The van der Waals surface area contributed by atoms with Gasteiger partial charge in [-0.05, 0) is 87.7 Å². The largest absolute Gasteiger partial charge is 0.453 e. The Labute approximate surface area is 263 Å². The fourth-order valence-electron chi connectivity index (χ4n) is 7.74. The highest BCUT2D eigenvalue weighted by molar-refractivity contribution is 7.98. The predicted octanol–water partition coefficient (Wildman–Crippen LogP) is 7.42. The molecule has 0 bridgehead atoms. The minimum absolute atomic E-state index is 0.0988. The van der Waals surface area contributed by atoms with Crippen molar-refractivity contribution in [3.8, 4) is 17.6 Å². The molecule has 2 saturated heterocycles. The number of nitrogens with one attached hydrogen (secondary N) is 1. The molecule has 4 aliphatic rings. The van der Waals surface area contributed by atoms with Crippen molar-refractivity contribution in [2.45, 2.75) is 82.3 Å². The summed E-state index contributed by atoms with van der Waals surface area (Å²) in [5.41, 5.74) is 3.59. The molecule has 2 aliphatic carbocycles. The molecule has 2 saturated carbocycles. The lowest BCUT2D eigenvalue weighted by Gasteiger charge is -2.53. The Morgan fingerprint density at radius 3 is 2.61 bits per heavy atom. The van der Waals surface area contributed by atoms with E-state index in [0.29, 0.717) is 22.8 Å². The van der Waals surface area contributed by atoms with E-state index in [2.05, 4.69) is 20.0 Å². The lowest BCUT2D eigenvalue weighted by atomic mass is 9.56. The number of aromatic nitrogens is 2. The SMILES string of the molecule is COC1CCN(SNc2ccc(F)c(Oc3ccc4ncc(C5CC6(CCN(C7CCCCC7)CC6)C5)nc4c3)c2C#N)C1. The second-order valence-corrected chi connectivity index (χ2v) is 14.0. The molecule has 2 aromatic carbocycles. The number of hydrogen-bond donors (Lipinski definition) is 1. The van der Waals surface area contributed by atoms with Gasteiger partial charge >= 0.3 is 0 Å². The van der Waals surface area contributed by atoms with Crippen LogP contribution in [0.25, 0.3) is 11.0 Å². The van der Waals surface area contributed by atoms with E-state index in [-0.39, 0.29) is 17.4 Å². The maximum Gasteiger partial charge on any atom is 0.182 e. The van der Waals surface area contributed by atoms with Crippen molar-refractivity contribution in [3.63, 3.8) is 0 Å². The van der Waals surface area contributed by atoms with Gasteiger partial charge < -0.3 is 19.1 Å². The third-order valence-electron chi connectivity index (χ3n) is 10.4. The molecule has 10 heteroatoms. The first-order valence-corrected chi connectivity index (χ1v) is 16.9. The van der Waals surface area contributed by atoms with Gasteiger partial charge in [0.05, 0.1) is 28.5 Å². The van der Waals surface area contributed by atoms with Gasteiger partial charge in [0.15, 0.2) is 11.6 Å². The molecule has 3 heterocycles. The number of methoxy groups -OCH3 is 1. The van der Waals surface area contributed by atoms with Crippen LogP contribution in [0.5, 0.6) is 11.5 Å². The Bertz CT molecular complexity index is 1530. The third kappa shape index (κ3) is 6.12. The molecule has 1 unspecified atom stereocenters. The molecule has 1 aromatic heterocycles. The Balaban J connectivity index is 1.01. The van der Waals surface area contributed by atoms with Crippen LogP contribution in [0.3, 0.4) is 0 Å². The van der Waals surface area contributed by atoms with Crippen LogP contribution in [0.15, 0.2) is 36.5 Å². The summed E-state index contributed by atoms with van der Waals surface area (Å²) in [6.07, 6.45) is 15.0. The molecule has 2 aliphatic heterocycles. The van der Waals surface area contributed by atoms with Gasteiger partial charge in [0.25, 0.3) is 0 Å². The maximum atomic E-state index is 15.0. The number of fused-ring (bicyclic) bond motifs is 1. The number of halogens is 1. The van der Waals surface area contributed by atoms with Crippen molar-refractivity contribution in [2.24, 2.45) is 5.41 Å². The van der Waals surface area contributed by atoms with Gasteiger partial charge in [-0.1, -0.05) is 19.3 Å². The maximum absolute atomic E-state index is 15.0. The summed E-state index contributed by atoms with van der Waals surface area (Å²) in [7, 11) is 1.72. The van der Waals surface area contributed by atoms with Crippen LogP contribution in [0.1, 0.15) is 81.4 Å². The van der Waals surface area contributed by atoms with Gasteiger partial charge in [-0.15, -0.1) is 0 Å². The van der Waals surface area contributed by atoms with Crippen molar-refractivity contribution in [1.82, 2.24) is 19.2 Å². The number of hydrogen-bond acceptors (Lipinski definition) is 9. The topological polar surface area (TPSA) is 86.5 Å². The molecular formula is C34H41FN6O2S. The number of ether oxygens (including phenoxy) is 2. The molecule has 232 valence electrons. The molecule has 7 rings (SSSR count). The molecular weight excluding hydrogens is 575 g/mol. The van der Waals surface area contributed by atoms with Gasteiger partial charge in [-0.2, -0.15) is 5.26 Å². The van der Waals surface area contributed by atoms with Gasteiger partial charge in [-0.3, -0.25) is 4.98 Å². The minimum atomic E-state index is -0.591. The molecule has 1 N–H and O–H groups in total. The van der Waals surface area contributed by atoms with E-state index < -0.39 is 5.82 Å². The Hall–Kier alpha value is -2.97. The van der Waals surface area contributed by atoms with Crippen molar-refractivity contribution in [2.75, 3.05) is 38.0 Å². The molecule has 44 heavy (non-hydrogen) atoms. The van der Waals surface area contributed by atoms with Crippen LogP contribution in [0.4, 0.5) is 10.1 Å². The summed E-state index contributed by atoms with van der Waals surface area (Å²) in [5.74, 6) is 0.160. The number of piperidine rings is 1. The zero-order chi connectivity index (χ0) is 30.1. The van der Waals surface area contributed by atoms with E-state index in [1.54, 1.807) is 25.3 Å². The molecule has 0 amide bonds. The zero-order valence-corrected chi connectivity index (χ0v) is 26.3. The molecule has 1 atom stereocenters. The Morgan fingerprint density at radius 1 is 1.05 bits per heavy atom. The minimum Gasteiger partial charge on any atom is -0.453 e. The highest BCUT2D eigenvalue weighted by atomic mass is 32.2. The van der Waals surface area contributed by atoms with E-state index in [1.165, 1.54) is 89.1 Å². The second-order valence-electron chi connectivity index (χ2n) is 13.1. The van der Waals surface area contributed by atoms with Crippen LogP contribution in [0, 0.1) is 22.6 Å². The van der Waals surface area contributed by atoms with Gasteiger partial charge in [0.2, 0.25) is 0 Å². The van der Waals surface area contributed by atoms with Crippen LogP contribution < -0.4 is 9.46 Å². The standard InChI is InChI=1S/C34H41FN6O2S/c1-42-26-11-14-41(22-26)44-39-29-10-8-28(35)33(27(29)20-36)43-25-7-9-30-31(17-25)38-32(21-37-30)23-18-34(19-23)12-15-40(16-13-34)24-5-3-2-4-6-24/h7-10,17,21,23-24,26,39H,2-6,11-16,18-19,22H2,1H3. The highest BCUT2D eigenvalue weighted by Crippen LogP contribution is 2.56. The fraction of sp³-hybridized carbons (Fsp3) is 0.559. The average molecular weight is 617 g/mol. The highest BCUT2D eigenvalue weighted by Gasteiger charge is 2.47. The first kappa shape index (κ1) is 29.7. The Morgan fingerprint density at radius 2 is 1.86 bits per heavy atom. The monoisotopic (exact) mass is 616 g/mol. The summed E-state index contributed by atoms with van der Waals surface area (Å²) < 4.78 is 31.8.